The minimum atomic E-state index is 0.680. The van der Waals surface area contributed by atoms with Crippen LogP contribution in [0.1, 0.15) is 26.7 Å². The van der Waals surface area contributed by atoms with Crippen LogP contribution >= 0.6 is 0 Å². The molecule has 0 amide bonds. The molecule has 1 aliphatic carbocycles. The Morgan fingerprint density at radius 3 is 2.00 bits per heavy atom. The van der Waals surface area contributed by atoms with Gasteiger partial charge in [0, 0.05) is 44.8 Å². The molecule has 2 N–H and O–H groups in total. The van der Waals surface area contributed by atoms with Crippen molar-refractivity contribution in [3.05, 3.63) is 0 Å². The second-order valence-corrected chi connectivity index (χ2v) is 5.31. The van der Waals surface area contributed by atoms with Gasteiger partial charge in [-0.2, -0.15) is 0 Å². The molecule has 0 bridgehead atoms. The second-order valence-electron chi connectivity index (χ2n) is 5.31. The molecular weight excluding hydrogens is 186 g/mol. The van der Waals surface area contributed by atoms with Gasteiger partial charge in [-0.3, -0.25) is 9.80 Å². The number of piperazine rings is 1. The van der Waals surface area contributed by atoms with E-state index in [0.717, 1.165) is 12.5 Å². The van der Waals surface area contributed by atoms with Gasteiger partial charge in [-0.15, -0.1) is 0 Å². The lowest BCUT2D eigenvalue weighted by Gasteiger charge is -2.40. The predicted molar refractivity (Wildman–Crippen MR) is 63.8 cm³/mol. The first-order valence-electron chi connectivity index (χ1n) is 6.40. The maximum Gasteiger partial charge on any atom is 0.0247 e. The number of hydrogen-bond acceptors (Lipinski definition) is 3. The normalized spacial score (nSPS) is 27.2. The van der Waals surface area contributed by atoms with Crippen LogP contribution < -0.4 is 5.73 Å². The molecule has 0 aromatic heterocycles. The molecular formula is C12H25N3. The van der Waals surface area contributed by atoms with E-state index in [4.69, 9.17) is 5.73 Å². The standard InChI is InChI=1S/C12H25N3/c1-10(2)14-5-7-15(8-6-14)12(9-13)11-3-4-11/h10-12H,3-9,13H2,1-2H3. The molecule has 0 aromatic rings. The molecule has 3 nitrogen and oxygen atoms in total. The lowest BCUT2D eigenvalue weighted by atomic mass is 10.1. The molecule has 2 rings (SSSR count). The zero-order chi connectivity index (χ0) is 10.8. The summed E-state index contributed by atoms with van der Waals surface area (Å²) in [6.07, 6.45) is 2.82. The van der Waals surface area contributed by atoms with Crippen LogP contribution in [0.4, 0.5) is 0 Å². The van der Waals surface area contributed by atoms with Crippen molar-refractivity contribution in [3.63, 3.8) is 0 Å². The summed E-state index contributed by atoms with van der Waals surface area (Å²) < 4.78 is 0. The smallest absolute Gasteiger partial charge is 0.0247 e. The average molecular weight is 211 g/mol. The summed E-state index contributed by atoms with van der Waals surface area (Å²) in [6.45, 7) is 10.3. The zero-order valence-corrected chi connectivity index (χ0v) is 10.2. The van der Waals surface area contributed by atoms with E-state index in [1.807, 2.05) is 0 Å². The van der Waals surface area contributed by atoms with Crippen molar-refractivity contribution >= 4 is 0 Å². The molecule has 88 valence electrons. The Kier molecular flexibility index (Phi) is 3.65. The van der Waals surface area contributed by atoms with Gasteiger partial charge in [-0.25, -0.2) is 0 Å². The first kappa shape index (κ1) is 11.4. The van der Waals surface area contributed by atoms with E-state index in [-0.39, 0.29) is 0 Å². The second kappa shape index (κ2) is 4.81. The minimum absolute atomic E-state index is 0.680. The lowest BCUT2D eigenvalue weighted by Crippen LogP contribution is -2.54. The fourth-order valence-corrected chi connectivity index (χ4v) is 2.71. The predicted octanol–water partition coefficient (Wildman–Crippen LogP) is 0.750. The number of hydrogen-bond donors (Lipinski definition) is 1. The highest BCUT2D eigenvalue weighted by atomic mass is 15.3. The summed E-state index contributed by atoms with van der Waals surface area (Å²) in [5.41, 5.74) is 5.88. The summed E-state index contributed by atoms with van der Waals surface area (Å²) >= 11 is 0. The first-order chi connectivity index (χ1) is 7.22. The van der Waals surface area contributed by atoms with Gasteiger partial charge in [0.2, 0.25) is 0 Å². The lowest BCUT2D eigenvalue weighted by molar-refractivity contribution is 0.0732. The van der Waals surface area contributed by atoms with Crippen LogP contribution in [0.3, 0.4) is 0 Å². The third-order valence-corrected chi connectivity index (χ3v) is 3.96. The molecule has 0 spiro atoms. The van der Waals surface area contributed by atoms with Crippen molar-refractivity contribution in [1.29, 1.82) is 0 Å². The average Bonchev–Trinajstić information content (AvgIpc) is 3.04. The SMILES string of the molecule is CC(C)N1CCN(C(CN)C2CC2)CC1. The van der Waals surface area contributed by atoms with E-state index in [2.05, 4.69) is 23.6 Å². The highest BCUT2D eigenvalue weighted by molar-refractivity contribution is 4.91. The maximum atomic E-state index is 5.88. The molecule has 0 radical (unpaired) electrons. The Balaban J connectivity index is 1.81. The van der Waals surface area contributed by atoms with Gasteiger partial charge >= 0.3 is 0 Å². The van der Waals surface area contributed by atoms with Crippen LogP contribution in [-0.2, 0) is 0 Å². The molecule has 0 aromatic carbocycles. The minimum Gasteiger partial charge on any atom is -0.329 e. The Hall–Kier alpha value is -0.120. The van der Waals surface area contributed by atoms with Crippen molar-refractivity contribution < 1.29 is 0 Å². The largest absolute Gasteiger partial charge is 0.329 e. The molecule has 15 heavy (non-hydrogen) atoms. The Bertz CT molecular complexity index is 193. The van der Waals surface area contributed by atoms with E-state index < -0.39 is 0 Å². The van der Waals surface area contributed by atoms with Gasteiger partial charge < -0.3 is 5.73 Å². The highest BCUT2D eigenvalue weighted by Crippen LogP contribution is 2.35. The molecule has 2 fully saturated rings. The summed E-state index contributed by atoms with van der Waals surface area (Å²) in [5.74, 6) is 0.917. The Labute approximate surface area is 93.6 Å². The maximum absolute atomic E-state index is 5.88. The van der Waals surface area contributed by atoms with Crippen LogP contribution in [0, 0.1) is 5.92 Å². The summed E-state index contributed by atoms with van der Waals surface area (Å²) in [4.78, 5) is 5.19. The topological polar surface area (TPSA) is 32.5 Å². The van der Waals surface area contributed by atoms with Crippen LogP contribution in [0.2, 0.25) is 0 Å². The molecule has 1 atom stereocenters. The Morgan fingerprint density at radius 2 is 1.60 bits per heavy atom. The number of rotatable bonds is 4. The number of nitrogens with zero attached hydrogens (tertiary/aromatic N) is 2. The van der Waals surface area contributed by atoms with Crippen LogP contribution in [0.15, 0.2) is 0 Å². The van der Waals surface area contributed by atoms with Crippen LogP contribution in [0.25, 0.3) is 0 Å². The summed E-state index contributed by atoms with van der Waals surface area (Å²) in [5, 5.41) is 0. The quantitative estimate of drug-likeness (QED) is 0.745. The van der Waals surface area contributed by atoms with Gasteiger partial charge in [0.1, 0.15) is 0 Å². The van der Waals surface area contributed by atoms with Gasteiger partial charge in [-0.1, -0.05) is 0 Å². The fourth-order valence-electron chi connectivity index (χ4n) is 2.71. The van der Waals surface area contributed by atoms with Crippen molar-refractivity contribution in [1.82, 2.24) is 9.80 Å². The van der Waals surface area contributed by atoms with Crippen molar-refractivity contribution in [2.45, 2.75) is 38.8 Å². The van der Waals surface area contributed by atoms with E-state index in [0.29, 0.717) is 12.1 Å². The molecule has 1 heterocycles. The van der Waals surface area contributed by atoms with Gasteiger partial charge in [0.05, 0.1) is 0 Å². The van der Waals surface area contributed by atoms with E-state index >= 15 is 0 Å². The van der Waals surface area contributed by atoms with E-state index in [9.17, 15) is 0 Å². The van der Waals surface area contributed by atoms with E-state index in [1.54, 1.807) is 0 Å². The van der Waals surface area contributed by atoms with Crippen molar-refractivity contribution in [2.24, 2.45) is 11.7 Å². The first-order valence-corrected chi connectivity index (χ1v) is 6.40. The molecule has 1 saturated carbocycles. The van der Waals surface area contributed by atoms with Gasteiger partial charge in [0.25, 0.3) is 0 Å². The molecule has 1 aliphatic heterocycles. The molecule has 2 aliphatic rings. The van der Waals surface area contributed by atoms with Crippen LogP contribution in [0.5, 0.6) is 0 Å². The van der Waals surface area contributed by atoms with E-state index in [1.165, 1.54) is 39.0 Å². The van der Waals surface area contributed by atoms with Crippen molar-refractivity contribution in [3.8, 4) is 0 Å². The monoisotopic (exact) mass is 211 g/mol. The van der Waals surface area contributed by atoms with Crippen LogP contribution in [-0.4, -0.2) is 54.6 Å². The number of nitrogens with two attached hydrogens (primary N) is 1. The molecule has 1 unspecified atom stereocenters. The summed E-state index contributed by atoms with van der Waals surface area (Å²) in [6, 6.07) is 1.38. The third-order valence-electron chi connectivity index (χ3n) is 3.96. The molecule has 1 saturated heterocycles. The molecule has 3 heteroatoms. The summed E-state index contributed by atoms with van der Waals surface area (Å²) in [7, 11) is 0. The highest BCUT2D eigenvalue weighted by Gasteiger charge is 2.35. The van der Waals surface area contributed by atoms with Gasteiger partial charge in [0.15, 0.2) is 0 Å². The van der Waals surface area contributed by atoms with Crippen molar-refractivity contribution in [2.75, 3.05) is 32.7 Å². The Morgan fingerprint density at radius 1 is 1.07 bits per heavy atom. The fraction of sp³-hybridized carbons (Fsp3) is 1.00. The zero-order valence-electron chi connectivity index (χ0n) is 10.2. The third kappa shape index (κ3) is 2.71. The van der Waals surface area contributed by atoms with Gasteiger partial charge in [-0.05, 0) is 32.6 Å².